The van der Waals surface area contributed by atoms with E-state index in [9.17, 15) is 4.39 Å². The third kappa shape index (κ3) is 2.31. The number of rotatable bonds is 4. The van der Waals surface area contributed by atoms with Gasteiger partial charge in [0.15, 0.2) is 5.82 Å². The molecule has 17 heavy (non-hydrogen) atoms. The topological polar surface area (TPSA) is 55.6 Å². The number of halogens is 1. The summed E-state index contributed by atoms with van der Waals surface area (Å²) in [6.45, 7) is 0.605. The number of nitrogens with zero attached hydrogens (tertiary/aromatic N) is 4. The molecule has 0 amide bonds. The summed E-state index contributed by atoms with van der Waals surface area (Å²) < 4.78 is 14.7. The molecule has 1 aliphatic rings. The lowest BCUT2D eigenvalue weighted by molar-refractivity contribution is 0.617. The maximum Gasteiger partial charge on any atom is 0.170 e. The van der Waals surface area contributed by atoms with Crippen molar-refractivity contribution in [2.45, 2.75) is 25.4 Å². The van der Waals surface area contributed by atoms with Crippen molar-refractivity contribution < 1.29 is 4.39 Å². The predicted octanol–water partition coefficient (Wildman–Crippen LogP) is 1.05. The molecule has 1 aliphatic carbocycles. The summed E-state index contributed by atoms with van der Waals surface area (Å²) in [5, 5.41) is 14.8. The predicted molar refractivity (Wildman–Crippen MR) is 59.0 cm³/mol. The van der Waals surface area contributed by atoms with Crippen molar-refractivity contribution in [3.05, 3.63) is 35.9 Å². The highest BCUT2D eigenvalue weighted by molar-refractivity contribution is 5.31. The minimum Gasteiger partial charge on any atom is -0.307 e. The smallest absolute Gasteiger partial charge is 0.170 e. The highest BCUT2D eigenvalue weighted by atomic mass is 19.1. The second-order valence-corrected chi connectivity index (χ2v) is 4.14. The van der Waals surface area contributed by atoms with Gasteiger partial charge in [-0.15, -0.1) is 5.10 Å². The Hall–Kier alpha value is -1.82. The lowest BCUT2D eigenvalue weighted by Crippen LogP contribution is -2.18. The number of hydrogen-bond donors (Lipinski definition) is 1. The van der Waals surface area contributed by atoms with Gasteiger partial charge in [0.05, 0.1) is 12.2 Å². The van der Waals surface area contributed by atoms with Crippen LogP contribution in [-0.4, -0.2) is 26.2 Å². The summed E-state index contributed by atoms with van der Waals surface area (Å²) >= 11 is 0. The van der Waals surface area contributed by atoms with Gasteiger partial charge < -0.3 is 5.32 Å². The lowest BCUT2D eigenvalue weighted by atomic mass is 10.3. The van der Waals surface area contributed by atoms with Gasteiger partial charge in [0.25, 0.3) is 0 Å². The molecule has 0 unspecified atom stereocenters. The first-order valence-corrected chi connectivity index (χ1v) is 5.59. The summed E-state index contributed by atoms with van der Waals surface area (Å²) in [5.41, 5.74) is 0.641. The molecule has 0 atom stereocenters. The summed E-state index contributed by atoms with van der Waals surface area (Å²) in [5.74, 6) is 0.404. The van der Waals surface area contributed by atoms with Gasteiger partial charge in [0, 0.05) is 6.04 Å². The zero-order valence-electron chi connectivity index (χ0n) is 9.17. The minimum atomic E-state index is -0.292. The second-order valence-electron chi connectivity index (χ2n) is 4.14. The number of nitrogens with one attached hydrogen (secondary N) is 1. The Balaban J connectivity index is 1.83. The molecule has 0 saturated heterocycles. The third-order valence-electron chi connectivity index (χ3n) is 2.71. The van der Waals surface area contributed by atoms with Crippen LogP contribution in [0.1, 0.15) is 18.7 Å². The molecule has 88 valence electrons. The standard InChI is InChI=1S/C11H12FN5/c12-8-2-1-3-10(6-8)17-11(14-15-16-17)7-13-9-4-5-9/h1-3,6,9,13H,4-5,7H2. The van der Waals surface area contributed by atoms with Gasteiger partial charge in [-0.25, -0.2) is 4.39 Å². The van der Waals surface area contributed by atoms with E-state index in [4.69, 9.17) is 0 Å². The Kier molecular flexibility index (Phi) is 2.56. The maximum atomic E-state index is 13.1. The van der Waals surface area contributed by atoms with E-state index < -0.39 is 0 Å². The monoisotopic (exact) mass is 233 g/mol. The Bertz CT molecular complexity index is 520. The molecule has 1 aromatic heterocycles. The quantitative estimate of drug-likeness (QED) is 0.857. The normalized spacial score (nSPS) is 15.1. The first-order chi connectivity index (χ1) is 8.33. The molecule has 0 bridgehead atoms. The Morgan fingerprint density at radius 3 is 3.06 bits per heavy atom. The van der Waals surface area contributed by atoms with Crippen molar-refractivity contribution in [2.75, 3.05) is 0 Å². The van der Waals surface area contributed by atoms with Crippen LogP contribution in [0.4, 0.5) is 4.39 Å². The first-order valence-electron chi connectivity index (χ1n) is 5.59. The van der Waals surface area contributed by atoms with Gasteiger partial charge >= 0.3 is 0 Å². The van der Waals surface area contributed by atoms with Gasteiger partial charge in [0.1, 0.15) is 5.82 Å². The molecule has 0 radical (unpaired) electrons. The molecule has 5 nitrogen and oxygen atoms in total. The van der Waals surface area contributed by atoms with Crippen LogP contribution in [0.25, 0.3) is 5.69 Å². The van der Waals surface area contributed by atoms with Crippen LogP contribution in [0, 0.1) is 5.82 Å². The van der Waals surface area contributed by atoms with Gasteiger partial charge in [-0.3, -0.25) is 0 Å². The third-order valence-corrected chi connectivity index (χ3v) is 2.71. The molecule has 0 aliphatic heterocycles. The fourth-order valence-electron chi connectivity index (χ4n) is 1.65. The first kappa shape index (κ1) is 10.3. The number of benzene rings is 1. The van der Waals surface area contributed by atoms with Crippen molar-refractivity contribution in [3.63, 3.8) is 0 Å². The molecule has 2 aromatic rings. The Labute approximate surface area is 97.6 Å². The van der Waals surface area contributed by atoms with Gasteiger partial charge in [0.2, 0.25) is 0 Å². The lowest BCUT2D eigenvalue weighted by Gasteiger charge is -2.05. The van der Waals surface area contributed by atoms with Crippen LogP contribution < -0.4 is 5.32 Å². The second kappa shape index (κ2) is 4.21. The van der Waals surface area contributed by atoms with Crippen molar-refractivity contribution >= 4 is 0 Å². The number of aromatic nitrogens is 4. The Morgan fingerprint density at radius 2 is 2.29 bits per heavy atom. The molecule has 1 N–H and O–H groups in total. The molecule has 1 aromatic carbocycles. The van der Waals surface area contributed by atoms with Crippen LogP contribution in [0.15, 0.2) is 24.3 Å². The summed E-state index contributed by atoms with van der Waals surface area (Å²) in [6, 6.07) is 6.82. The van der Waals surface area contributed by atoms with E-state index in [2.05, 4.69) is 20.8 Å². The zero-order valence-corrected chi connectivity index (χ0v) is 9.17. The molecular weight excluding hydrogens is 221 g/mol. The Morgan fingerprint density at radius 1 is 1.41 bits per heavy atom. The zero-order chi connectivity index (χ0) is 11.7. The van der Waals surface area contributed by atoms with Crippen molar-refractivity contribution in [1.29, 1.82) is 0 Å². The number of hydrogen-bond acceptors (Lipinski definition) is 4. The van der Waals surface area contributed by atoms with E-state index in [1.54, 1.807) is 16.8 Å². The van der Waals surface area contributed by atoms with E-state index in [1.807, 2.05) is 0 Å². The fraction of sp³-hybridized carbons (Fsp3) is 0.364. The van der Waals surface area contributed by atoms with Gasteiger partial charge in [-0.05, 0) is 41.5 Å². The van der Waals surface area contributed by atoms with E-state index in [1.165, 1.54) is 25.0 Å². The number of tetrazole rings is 1. The fourth-order valence-corrected chi connectivity index (χ4v) is 1.65. The van der Waals surface area contributed by atoms with Crippen LogP contribution in [0.3, 0.4) is 0 Å². The minimum absolute atomic E-state index is 0.292. The summed E-state index contributed by atoms with van der Waals surface area (Å²) in [6.07, 6.45) is 2.42. The average Bonchev–Trinajstić information content (AvgIpc) is 3.04. The SMILES string of the molecule is Fc1cccc(-n2nnnc2CNC2CC2)c1. The average molecular weight is 233 g/mol. The molecule has 0 spiro atoms. The molecule has 1 saturated carbocycles. The molecule has 1 heterocycles. The van der Waals surface area contributed by atoms with E-state index in [0.29, 0.717) is 24.1 Å². The highest BCUT2D eigenvalue weighted by Crippen LogP contribution is 2.19. The van der Waals surface area contributed by atoms with Crippen LogP contribution in [0.5, 0.6) is 0 Å². The van der Waals surface area contributed by atoms with Gasteiger partial charge in [-0.1, -0.05) is 6.07 Å². The van der Waals surface area contributed by atoms with Crippen LogP contribution in [0.2, 0.25) is 0 Å². The molecule has 1 fully saturated rings. The van der Waals surface area contributed by atoms with E-state index >= 15 is 0 Å². The maximum absolute atomic E-state index is 13.1. The molecule has 6 heteroatoms. The van der Waals surface area contributed by atoms with Crippen molar-refractivity contribution in [1.82, 2.24) is 25.5 Å². The van der Waals surface area contributed by atoms with Crippen molar-refractivity contribution in [3.8, 4) is 5.69 Å². The van der Waals surface area contributed by atoms with Crippen LogP contribution >= 0.6 is 0 Å². The summed E-state index contributed by atoms with van der Waals surface area (Å²) in [7, 11) is 0. The van der Waals surface area contributed by atoms with Crippen molar-refractivity contribution in [2.24, 2.45) is 0 Å². The van der Waals surface area contributed by atoms with Gasteiger partial charge in [-0.2, -0.15) is 4.68 Å². The van der Waals surface area contributed by atoms with E-state index in [-0.39, 0.29) is 5.82 Å². The van der Waals surface area contributed by atoms with E-state index in [0.717, 1.165) is 0 Å². The largest absolute Gasteiger partial charge is 0.307 e. The highest BCUT2D eigenvalue weighted by Gasteiger charge is 2.21. The molecular formula is C11H12FN5. The molecule has 3 rings (SSSR count). The van der Waals surface area contributed by atoms with Crippen LogP contribution in [-0.2, 0) is 6.54 Å². The summed E-state index contributed by atoms with van der Waals surface area (Å²) in [4.78, 5) is 0.